The Morgan fingerprint density at radius 2 is 1.90 bits per heavy atom. The Morgan fingerprint density at radius 3 is 2.62 bits per heavy atom. The zero-order valence-electron chi connectivity index (χ0n) is 12.8. The lowest BCUT2D eigenvalue weighted by Crippen LogP contribution is -2.32. The van der Waals surface area contributed by atoms with Crippen LogP contribution in [0.5, 0.6) is 0 Å². The van der Waals surface area contributed by atoms with Crippen LogP contribution >= 0.6 is 0 Å². The summed E-state index contributed by atoms with van der Waals surface area (Å²) >= 11 is 0. The van der Waals surface area contributed by atoms with Crippen molar-refractivity contribution in [2.75, 3.05) is 37.3 Å². The number of carbonyl (C=O) groups is 1. The Kier molecular flexibility index (Phi) is 4.44. The Bertz CT molecular complexity index is 491. The number of piperidine rings is 1. The standard InChI is InChI=1S/C17H25N3O/c1-20-9-7-13(8-10-20)12-18-15-3-2-4-16(11-15)19-17(21)14-5-6-14/h2-4,11,13-14,18H,5-10,12H2,1H3,(H,19,21). The van der Waals surface area contributed by atoms with Crippen molar-refractivity contribution in [2.24, 2.45) is 11.8 Å². The molecule has 0 radical (unpaired) electrons. The first-order valence-electron chi connectivity index (χ1n) is 8.04. The van der Waals surface area contributed by atoms with Gasteiger partial charge in [-0.1, -0.05) is 6.07 Å². The minimum atomic E-state index is 0.169. The maximum absolute atomic E-state index is 11.8. The molecule has 1 saturated carbocycles. The molecule has 114 valence electrons. The van der Waals surface area contributed by atoms with Gasteiger partial charge in [0.15, 0.2) is 0 Å². The zero-order chi connectivity index (χ0) is 14.7. The molecule has 1 aliphatic heterocycles. The van der Waals surface area contributed by atoms with Gasteiger partial charge in [-0.3, -0.25) is 4.79 Å². The van der Waals surface area contributed by atoms with Crippen molar-refractivity contribution >= 4 is 17.3 Å². The molecule has 1 amide bonds. The van der Waals surface area contributed by atoms with Crippen LogP contribution in [0.4, 0.5) is 11.4 Å². The van der Waals surface area contributed by atoms with Gasteiger partial charge in [-0.2, -0.15) is 0 Å². The predicted molar refractivity (Wildman–Crippen MR) is 86.5 cm³/mol. The van der Waals surface area contributed by atoms with Gasteiger partial charge in [0.05, 0.1) is 0 Å². The van der Waals surface area contributed by atoms with E-state index in [1.165, 1.54) is 25.9 Å². The first-order valence-corrected chi connectivity index (χ1v) is 8.04. The fourth-order valence-corrected chi connectivity index (χ4v) is 2.83. The Morgan fingerprint density at radius 1 is 1.19 bits per heavy atom. The van der Waals surface area contributed by atoms with E-state index in [0.717, 1.165) is 36.7 Å². The lowest BCUT2D eigenvalue weighted by Gasteiger charge is -2.29. The summed E-state index contributed by atoms with van der Waals surface area (Å²) in [6.45, 7) is 3.42. The minimum absolute atomic E-state index is 0.169. The molecule has 2 fully saturated rings. The highest BCUT2D eigenvalue weighted by Gasteiger charge is 2.29. The van der Waals surface area contributed by atoms with Crippen molar-refractivity contribution in [1.29, 1.82) is 0 Å². The van der Waals surface area contributed by atoms with E-state index in [-0.39, 0.29) is 11.8 Å². The average molecular weight is 287 g/mol. The van der Waals surface area contributed by atoms with Crippen LogP contribution in [-0.4, -0.2) is 37.5 Å². The lowest BCUT2D eigenvalue weighted by molar-refractivity contribution is -0.117. The number of hydrogen-bond donors (Lipinski definition) is 2. The molecule has 4 heteroatoms. The summed E-state index contributed by atoms with van der Waals surface area (Å²) in [5.41, 5.74) is 2.00. The number of benzene rings is 1. The fourth-order valence-electron chi connectivity index (χ4n) is 2.83. The van der Waals surface area contributed by atoms with E-state index in [1.807, 2.05) is 18.2 Å². The zero-order valence-corrected chi connectivity index (χ0v) is 12.8. The second-order valence-corrected chi connectivity index (χ2v) is 6.47. The Labute approximate surface area is 126 Å². The highest BCUT2D eigenvalue weighted by Crippen LogP contribution is 2.30. The number of nitrogens with one attached hydrogen (secondary N) is 2. The average Bonchev–Trinajstić information content (AvgIpc) is 3.32. The van der Waals surface area contributed by atoms with Gasteiger partial charge < -0.3 is 15.5 Å². The molecule has 1 aromatic carbocycles. The quantitative estimate of drug-likeness (QED) is 0.875. The summed E-state index contributed by atoms with van der Waals surface area (Å²) in [5, 5.41) is 6.52. The number of hydrogen-bond acceptors (Lipinski definition) is 3. The van der Waals surface area contributed by atoms with E-state index in [0.29, 0.717) is 0 Å². The summed E-state index contributed by atoms with van der Waals surface area (Å²) in [5.74, 6) is 1.18. The molecule has 1 saturated heterocycles. The van der Waals surface area contributed by atoms with Crippen molar-refractivity contribution in [1.82, 2.24) is 4.90 Å². The van der Waals surface area contributed by atoms with Gasteiger partial charge in [0.25, 0.3) is 0 Å². The summed E-state index contributed by atoms with van der Waals surface area (Å²) in [4.78, 5) is 14.2. The van der Waals surface area contributed by atoms with Crippen LogP contribution in [0.1, 0.15) is 25.7 Å². The maximum atomic E-state index is 11.8. The number of amides is 1. The summed E-state index contributed by atoms with van der Waals surface area (Å²) in [7, 11) is 2.19. The molecule has 0 aromatic heterocycles. The first-order chi connectivity index (χ1) is 10.2. The third-order valence-electron chi connectivity index (χ3n) is 4.51. The second-order valence-electron chi connectivity index (χ2n) is 6.47. The van der Waals surface area contributed by atoms with Gasteiger partial charge in [-0.15, -0.1) is 0 Å². The van der Waals surface area contributed by atoms with Crippen molar-refractivity contribution in [3.8, 4) is 0 Å². The van der Waals surface area contributed by atoms with Crippen LogP contribution in [0.15, 0.2) is 24.3 Å². The third-order valence-corrected chi connectivity index (χ3v) is 4.51. The smallest absolute Gasteiger partial charge is 0.227 e. The third kappa shape index (κ3) is 4.21. The molecule has 0 atom stereocenters. The molecule has 3 rings (SSSR count). The molecule has 4 nitrogen and oxygen atoms in total. The van der Waals surface area contributed by atoms with Crippen LogP contribution in [0, 0.1) is 11.8 Å². The second kappa shape index (κ2) is 6.48. The van der Waals surface area contributed by atoms with Gasteiger partial charge >= 0.3 is 0 Å². The number of rotatable bonds is 5. The van der Waals surface area contributed by atoms with E-state index in [4.69, 9.17) is 0 Å². The summed E-state index contributed by atoms with van der Waals surface area (Å²) < 4.78 is 0. The van der Waals surface area contributed by atoms with Crippen LogP contribution in [0.3, 0.4) is 0 Å². The highest BCUT2D eigenvalue weighted by atomic mass is 16.2. The van der Waals surface area contributed by atoms with Crippen molar-refractivity contribution in [3.05, 3.63) is 24.3 Å². The molecule has 2 aliphatic rings. The van der Waals surface area contributed by atoms with Gasteiger partial charge in [0, 0.05) is 23.8 Å². The molecule has 0 spiro atoms. The van der Waals surface area contributed by atoms with E-state index < -0.39 is 0 Å². The summed E-state index contributed by atoms with van der Waals surface area (Å²) in [6.07, 6.45) is 4.61. The van der Waals surface area contributed by atoms with Crippen LogP contribution in [-0.2, 0) is 4.79 Å². The predicted octanol–water partition coefficient (Wildman–Crippen LogP) is 2.79. The number of carbonyl (C=O) groups excluding carboxylic acids is 1. The van der Waals surface area contributed by atoms with Gasteiger partial charge in [-0.05, 0) is 69.9 Å². The van der Waals surface area contributed by atoms with Crippen molar-refractivity contribution in [2.45, 2.75) is 25.7 Å². The monoisotopic (exact) mass is 287 g/mol. The molecule has 1 aliphatic carbocycles. The molecular formula is C17H25N3O. The highest BCUT2D eigenvalue weighted by molar-refractivity contribution is 5.94. The van der Waals surface area contributed by atoms with E-state index in [2.05, 4.69) is 28.6 Å². The molecular weight excluding hydrogens is 262 g/mol. The number of likely N-dealkylation sites (tertiary alicyclic amines) is 1. The van der Waals surface area contributed by atoms with Gasteiger partial charge in [0.1, 0.15) is 0 Å². The van der Waals surface area contributed by atoms with E-state index in [9.17, 15) is 4.79 Å². The van der Waals surface area contributed by atoms with Crippen molar-refractivity contribution in [3.63, 3.8) is 0 Å². The fraction of sp³-hybridized carbons (Fsp3) is 0.588. The largest absolute Gasteiger partial charge is 0.385 e. The molecule has 0 unspecified atom stereocenters. The minimum Gasteiger partial charge on any atom is -0.385 e. The van der Waals surface area contributed by atoms with Gasteiger partial charge in [-0.25, -0.2) is 0 Å². The molecule has 21 heavy (non-hydrogen) atoms. The van der Waals surface area contributed by atoms with E-state index in [1.54, 1.807) is 0 Å². The normalized spacial score (nSPS) is 20.2. The molecule has 0 bridgehead atoms. The van der Waals surface area contributed by atoms with E-state index >= 15 is 0 Å². The first kappa shape index (κ1) is 14.4. The van der Waals surface area contributed by atoms with Crippen LogP contribution in [0.2, 0.25) is 0 Å². The molecule has 1 heterocycles. The Hall–Kier alpha value is -1.55. The molecule has 2 N–H and O–H groups in total. The van der Waals surface area contributed by atoms with Gasteiger partial charge in [0.2, 0.25) is 5.91 Å². The van der Waals surface area contributed by atoms with Crippen LogP contribution in [0.25, 0.3) is 0 Å². The SMILES string of the molecule is CN1CCC(CNc2cccc(NC(=O)C3CC3)c2)CC1. The topological polar surface area (TPSA) is 44.4 Å². The molecule has 1 aromatic rings. The lowest BCUT2D eigenvalue weighted by atomic mass is 9.97. The number of anilines is 2. The number of nitrogens with zero attached hydrogens (tertiary/aromatic N) is 1. The van der Waals surface area contributed by atoms with Crippen molar-refractivity contribution < 1.29 is 4.79 Å². The summed E-state index contributed by atoms with van der Waals surface area (Å²) in [6, 6.07) is 8.07. The maximum Gasteiger partial charge on any atom is 0.227 e. The Balaban J connectivity index is 1.49. The van der Waals surface area contributed by atoms with Crippen LogP contribution < -0.4 is 10.6 Å².